The molecule has 8 nitrogen and oxygen atoms in total. The van der Waals surface area contributed by atoms with Gasteiger partial charge in [-0.25, -0.2) is 9.67 Å². The molecule has 2 saturated heterocycles. The third kappa shape index (κ3) is 3.49. The minimum atomic E-state index is 0.0347. The molecule has 0 N–H and O–H groups in total. The van der Waals surface area contributed by atoms with Crippen LogP contribution in [0.2, 0.25) is 0 Å². The molecule has 2 fully saturated rings. The van der Waals surface area contributed by atoms with E-state index in [1.54, 1.807) is 11.0 Å². The van der Waals surface area contributed by atoms with Crippen LogP contribution in [0.1, 0.15) is 33.4 Å². The highest BCUT2D eigenvalue weighted by atomic mass is 32.1. The zero-order valence-corrected chi connectivity index (χ0v) is 15.2. The second kappa shape index (κ2) is 7.55. The molecule has 2 aromatic rings. The lowest BCUT2D eigenvalue weighted by molar-refractivity contribution is -0.132. The maximum absolute atomic E-state index is 12.6. The van der Waals surface area contributed by atoms with Gasteiger partial charge < -0.3 is 14.5 Å². The van der Waals surface area contributed by atoms with E-state index in [0.717, 1.165) is 29.1 Å². The van der Waals surface area contributed by atoms with Gasteiger partial charge in [-0.2, -0.15) is 5.10 Å². The molecule has 9 heteroatoms. The Morgan fingerprint density at radius 3 is 2.85 bits per heavy atom. The number of amides is 2. The van der Waals surface area contributed by atoms with Crippen molar-refractivity contribution in [2.75, 3.05) is 32.8 Å². The number of aromatic nitrogens is 3. The van der Waals surface area contributed by atoms with Crippen molar-refractivity contribution in [3.63, 3.8) is 0 Å². The molecule has 0 radical (unpaired) electrons. The maximum Gasteiger partial charge on any atom is 0.264 e. The number of carbonyl (C=O) groups excluding carboxylic acids is 2. The third-order valence-corrected chi connectivity index (χ3v) is 5.98. The molecule has 0 aromatic carbocycles. The fourth-order valence-electron chi connectivity index (χ4n) is 3.47. The Hall–Kier alpha value is -2.26. The summed E-state index contributed by atoms with van der Waals surface area (Å²) in [4.78, 5) is 34.7. The predicted octanol–water partition coefficient (Wildman–Crippen LogP) is 1.18. The van der Waals surface area contributed by atoms with E-state index in [2.05, 4.69) is 10.1 Å². The SMILES string of the molecule is O=C(c1ccc(C2CCCN2C(=O)Cn2cncn2)s1)N1CCOCC1. The summed E-state index contributed by atoms with van der Waals surface area (Å²) in [6, 6.07) is 3.92. The van der Waals surface area contributed by atoms with Crippen molar-refractivity contribution >= 4 is 23.2 Å². The molecule has 2 amide bonds. The maximum atomic E-state index is 12.6. The number of hydrogen-bond donors (Lipinski definition) is 0. The average Bonchev–Trinajstić information content (AvgIpc) is 3.41. The van der Waals surface area contributed by atoms with Crippen molar-refractivity contribution in [2.24, 2.45) is 0 Å². The summed E-state index contributed by atoms with van der Waals surface area (Å²) in [7, 11) is 0. The van der Waals surface area contributed by atoms with Crippen LogP contribution in [0.25, 0.3) is 0 Å². The van der Waals surface area contributed by atoms with Crippen LogP contribution in [0.4, 0.5) is 0 Å². The van der Waals surface area contributed by atoms with E-state index >= 15 is 0 Å². The lowest BCUT2D eigenvalue weighted by atomic mass is 10.2. The van der Waals surface area contributed by atoms with Crippen LogP contribution in [0.3, 0.4) is 0 Å². The first kappa shape index (κ1) is 17.2. The topological polar surface area (TPSA) is 80.6 Å². The van der Waals surface area contributed by atoms with Gasteiger partial charge in [0.25, 0.3) is 5.91 Å². The molecule has 4 heterocycles. The molecule has 0 bridgehead atoms. The van der Waals surface area contributed by atoms with Gasteiger partial charge in [0.15, 0.2) is 0 Å². The Labute approximate surface area is 155 Å². The number of ether oxygens (including phenoxy) is 1. The van der Waals surface area contributed by atoms with E-state index in [-0.39, 0.29) is 24.4 Å². The number of nitrogens with zero attached hydrogens (tertiary/aromatic N) is 5. The van der Waals surface area contributed by atoms with Crippen molar-refractivity contribution in [3.8, 4) is 0 Å². The van der Waals surface area contributed by atoms with Gasteiger partial charge in [-0.05, 0) is 25.0 Å². The number of hydrogen-bond acceptors (Lipinski definition) is 6. The Morgan fingerprint density at radius 1 is 1.23 bits per heavy atom. The monoisotopic (exact) mass is 375 g/mol. The smallest absolute Gasteiger partial charge is 0.264 e. The first-order chi connectivity index (χ1) is 12.7. The molecule has 0 aliphatic carbocycles. The van der Waals surface area contributed by atoms with E-state index in [1.165, 1.54) is 17.7 Å². The van der Waals surface area contributed by atoms with Gasteiger partial charge in [0.05, 0.1) is 24.1 Å². The highest BCUT2D eigenvalue weighted by molar-refractivity contribution is 7.14. The Balaban J connectivity index is 1.45. The number of rotatable bonds is 4. The van der Waals surface area contributed by atoms with E-state index < -0.39 is 0 Å². The van der Waals surface area contributed by atoms with E-state index in [9.17, 15) is 9.59 Å². The number of likely N-dealkylation sites (tertiary alicyclic amines) is 1. The van der Waals surface area contributed by atoms with Crippen LogP contribution < -0.4 is 0 Å². The van der Waals surface area contributed by atoms with Gasteiger partial charge >= 0.3 is 0 Å². The summed E-state index contributed by atoms with van der Waals surface area (Å²) in [6.07, 6.45) is 4.87. The molecule has 2 aliphatic heterocycles. The minimum absolute atomic E-state index is 0.0347. The number of morpholine rings is 1. The normalized spacial score (nSPS) is 20.5. The van der Waals surface area contributed by atoms with Crippen molar-refractivity contribution < 1.29 is 14.3 Å². The average molecular weight is 375 g/mol. The quantitative estimate of drug-likeness (QED) is 0.802. The summed E-state index contributed by atoms with van der Waals surface area (Å²) in [6.45, 7) is 3.40. The van der Waals surface area contributed by atoms with Crippen LogP contribution >= 0.6 is 11.3 Å². The second-order valence-electron chi connectivity index (χ2n) is 6.44. The van der Waals surface area contributed by atoms with Gasteiger partial charge in [-0.1, -0.05) is 0 Å². The Kier molecular flexibility index (Phi) is 4.98. The van der Waals surface area contributed by atoms with E-state index in [1.807, 2.05) is 21.9 Å². The molecule has 2 aromatic heterocycles. The van der Waals surface area contributed by atoms with Crippen LogP contribution in [-0.4, -0.2) is 69.2 Å². The third-order valence-electron chi connectivity index (χ3n) is 4.80. The van der Waals surface area contributed by atoms with Gasteiger partial charge in [-0.3, -0.25) is 9.59 Å². The van der Waals surface area contributed by atoms with Gasteiger partial charge in [0, 0.05) is 24.5 Å². The lowest BCUT2D eigenvalue weighted by Crippen LogP contribution is -2.40. The van der Waals surface area contributed by atoms with E-state index in [0.29, 0.717) is 26.3 Å². The second-order valence-corrected chi connectivity index (χ2v) is 7.56. The van der Waals surface area contributed by atoms with Crippen LogP contribution in [0, 0.1) is 0 Å². The number of carbonyl (C=O) groups is 2. The summed E-state index contributed by atoms with van der Waals surface area (Å²) in [5.74, 6) is 0.0931. The largest absolute Gasteiger partial charge is 0.378 e. The van der Waals surface area contributed by atoms with Gasteiger partial charge in [0.1, 0.15) is 19.2 Å². The summed E-state index contributed by atoms with van der Waals surface area (Å²) >= 11 is 1.50. The molecular weight excluding hydrogens is 354 g/mol. The fourth-order valence-corrected chi connectivity index (χ4v) is 4.60. The molecular formula is C17H21N5O3S. The standard InChI is InChI=1S/C17H21N5O3S/c23-16(10-21-12-18-11-19-21)22-5-1-2-13(22)14-3-4-15(26-14)17(24)20-6-8-25-9-7-20/h3-4,11-13H,1-2,5-10H2. The Bertz CT molecular complexity index is 769. The molecule has 1 unspecified atom stereocenters. The molecule has 26 heavy (non-hydrogen) atoms. The molecule has 1 atom stereocenters. The minimum Gasteiger partial charge on any atom is -0.378 e. The Morgan fingerprint density at radius 2 is 2.08 bits per heavy atom. The van der Waals surface area contributed by atoms with E-state index in [4.69, 9.17) is 4.74 Å². The summed E-state index contributed by atoms with van der Waals surface area (Å²) in [5.41, 5.74) is 0. The molecule has 4 rings (SSSR count). The van der Waals surface area contributed by atoms with Crippen LogP contribution in [0.5, 0.6) is 0 Å². The van der Waals surface area contributed by atoms with Crippen LogP contribution in [0.15, 0.2) is 24.8 Å². The van der Waals surface area contributed by atoms with Crippen molar-refractivity contribution in [3.05, 3.63) is 34.5 Å². The fraction of sp³-hybridized carbons (Fsp3) is 0.529. The zero-order valence-electron chi connectivity index (χ0n) is 14.4. The first-order valence-electron chi connectivity index (χ1n) is 8.81. The lowest BCUT2D eigenvalue weighted by Gasteiger charge is -2.26. The predicted molar refractivity (Wildman–Crippen MR) is 94.8 cm³/mol. The molecule has 0 spiro atoms. The highest BCUT2D eigenvalue weighted by Gasteiger charge is 2.32. The zero-order chi connectivity index (χ0) is 17.9. The summed E-state index contributed by atoms with van der Waals surface area (Å²) in [5, 5.41) is 4.00. The molecule has 2 aliphatic rings. The highest BCUT2D eigenvalue weighted by Crippen LogP contribution is 2.36. The van der Waals surface area contributed by atoms with Crippen LogP contribution in [-0.2, 0) is 16.1 Å². The van der Waals surface area contributed by atoms with Gasteiger partial charge in [-0.15, -0.1) is 11.3 Å². The molecule has 0 saturated carbocycles. The van der Waals surface area contributed by atoms with Crippen molar-refractivity contribution in [1.29, 1.82) is 0 Å². The van der Waals surface area contributed by atoms with Crippen molar-refractivity contribution in [2.45, 2.75) is 25.4 Å². The van der Waals surface area contributed by atoms with Crippen molar-refractivity contribution in [1.82, 2.24) is 24.6 Å². The summed E-state index contributed by atoms with van der Waals surface area (Å²) < 4.78 is 6.85. The number of thiophene rings is 1. The molecule has 138 valence electrons. The first-order valence-corrected chi connectivity index (χ1v) is 9.62. The van der Waals surface area contributed by atoms with Gasteiger partial charge in [0.2, 0.25) is 5.91 Å².